The second-order valence-electron chi connectivity index (χ2n) is 9.20. The van der Waals surface area contributed by atoms with Crippen LogP contribution in [-0.4, -0.2) is 48.3 Å². The lowest BCUT2D eigenvalue weighted by Gasteiger charge is -2.30. The van der Waals surface area contributed by atoms with Crippen LogP contribution in [-0.2, 0) is 22.3 Å². The highest BCUT2D eigenvalue weighted by Gasteiger charge is 2.33. The van der Waals surface area contributed by atoms with Gasteiger partial charge in [0.05, 0.1) is 28.9 Å². The molecule has 1 saturated heterocycles. The Hall–Kier alpha value is -2.52. The Kier molecular flexibility index (Phi) is 6.81. The van der Waals surface area contributed by atoms with Gasteiger partial charge in [0, 0.05) is 36.4 Å². The second-order valence-corrected chi connectivity index (χ2v) is 9.60. The lowest BCUT2D eigenvalue weighted by Crippen LogP contribution is -2.39. The third kappa shape index (κ3) is 5.21. The Morgan fingerprint density at radius 1 is 1.17 bits per heavy atom. The molecule has 3 aliphatic rings. The zero-order valence-corrected chi connectivity index (χ0v) is 19.8. The van der Waals surface area contributed by atoms with E-state index >= 15 is 0 Å². The predicted octanol–water partition coefficient (Wildman–Crippen LogP) is 5.50. The van der Waals surface area contributed by atoms with Gasteiger partial charge in [0.15, 0.2) is 11.5 Å². The van der Waals surface area contributed by atoms with Gasteiger partial charge in [0.2, 0.25) is 5.91 Å². The molecule has 2 aromatic rings. The van der Waals surface area contributed by atoms with E-state index in [1.165, 1.54) is 0 Å². The summed E-state index contributed by atoms with van der Waals surface area (Å²) < 4.78 is 57.1. The summed E-state index contributed by atoms with van der Waals surface area (Å²) in [6.07, 6.45) is 0.876. The number of benzene rings is 1. The quantitative estimate of drug-likeness (QED) is 0.531. The van der Waals surface area contributed by atoms with Crippen molar-refractivity contribution in [1.82, 2.24) is 9.88 Å². The maximum Gasteiger partial charge on any atom is 0.417 e. The number of hydrogen-bond donors (Lipinski definition) is 0. The molecule has 0 N–H and O–H groups in total. The molecule has 1 saturated carbocycles. The molecule has 1 aliphatic carbocycles. The monoisotopic (exact) mass is 510 g/mol. The summed E-state index contributed by atoms with van der Waals surface area (Å²) in [4.78, 5) is 18.8. The van der Waals surface area contributed by atoms with Crippen molar-refractivity contribution < 1.29 is 32.2 Å². The zero-order valence-electron chi connectivity index (χ0n) is 19.1. The molecular formula is C25H26ClF3N2O4. The Morgan fingerprint density at radius 3 is 2.66 bits per heavy atom. The van der Waals surface area contributed by atoms with Crippen LogP contribution in [0, 0.1) is 5.92 Å². The van der Waals surface area contributed by atoms with E-state index < -0.39 is 11.7 Å². The highest BCUT2D eigenvalue weighted by Crippen LogP contribution is 2.41. The average Bonchev–Trinajstić information content (AvgIpc) is 3.20. The molecule has 35 heavy (non-hydrogen) atoms. The molecule has 1 aromatic heterocycles. The van der Waals surface area contributed by atoms with Crippen molar-refractivity contribution in [3.05, 3.63) is 40.5 Å². The van der Waals surface area contributed by atoms with Crippen molar-refractivity contribution in [3.63, 3.8) is 0 Å². The third-order valence-corrected chi connectivity index (χ3v) is 7.05. The summed E-state index contributed by atoms with van der Waals surface area (Å²) in [5.41, 5.74) is 0.473. The lowest BCUT2D eigenvalue weighted by molar-refractivity contribution is -0.139. The van der Waals surface area contributed by atoms with Crippen molar-refractivity contribution in [2.24, 2.45) is 5.92 Å². The van der Waals surface area contributed by atoms with Gasteiger partial charge in [-0.2, -0.15) is 13.2 Å². The molecular weight excluding hydrogens is 485 g/mol. The number of rotatable bonds is 5. The van der Waals surface area contributed by atoms with E-state index in [2.05, 4.69) is 4.98 Å². The summed E-state index contributed by atoms with van der Waals surface area (Å²) in [5, 5.41) is -0.123. The molecule has 10 heteroatoms. The van der Waals surface area contributed by atoms with E-state index in [0.29, 0.717) is 55.5 Å². The molecule has 0 radical (unpaired) electrons. The van der Waals surface area contributed by atoms with Gasteiger partial charge >= 0.3 is 6.18 Å². The van der Waals surface area contributed by atoms with Crippen LogP contribution in [0.1, 0.15) is 43.2 Å². The minimum absolute atomic E-state index is 0.0374. The molecule has 0 unspecified atom stereocenters. The molecule has 5 rings (SSSR count). The number of hydrogen-bond acceptors (Lipinski definition) is 5. The minimum Gasteiger partial charge on any atom is -0.487 e. The first-order valence-electron chi connectivity index (χ1n) is 11.9. The van der Waals surface area contributed by atoms with E-state index in [1.54, 1.807) is 17.0 Å². The first kappa shape index (κ1) is 24.2. The van der Waals surface area contributed by atoms with Crippen LogP contribution in [0.4, 0.5) is 13.2 Å². The maximum atomic E-state index is 13.1. The topological polar surface area (TPSA) is 60.9 Å². The standard InChI is InChI=1S/C25H26ClF3N2O4/c26-20-11-18(25(27,28)29)12-30-22(20)16-9-17-13-31(24(32)15-3-1-4-15)6-8-34-23(17)21(10-16)35-14-19-5-2-7-33-19/h9-12,15,19H,1-8,13-14H2/t19-/m0/s1. The SMILES string of the molecule is O=C(C1CCC1)N1CCOc2c(cc(-c3ncc(C(F)(F)F)cc3Cl)cc2OC[C@@H]2CCCO2)C1. The summed E-state index contributed by atoms with van der Waals surface area (Å²) in [6, 6.07) is 4.31. The lowest BCUT2D eigenvalue weighted by atomic mass is 9.84. The van der Waals surface area contributed by atoms with Crippen molar-refractivity contribution in [1.29, 1.82) is 0 Å². The van der Waals surface area contributed by atoms with Gasteiger partial charge in [-0.1, -0.05) is 18.0 Å². The van der Waals surface area contributed by atoms with E-state index in [4.69, 9.17) is 25.8 Å². The fourth-order valence-electron chi connectivity index (χ4n) is 4.59. The largest absolute Gasteiger partial charge is 0.487 e. The molecule has 1 atom stereocenters. The fraction of sp³-hybridized carbons (Fsp3) is 0.520. The molecule has 2 aliphatic heterocycles. The van der Waals surface area contributed by atoms with Crippen LogP contribution in [0.5, 0.6) is 11.5 Å². The van der Waals surface area contributed by atoms with Gasteiger partial charge in [-0.3, -0.25) is 9.78 Å². The van der Waals surface area contributed by atoms with Crippen molar-refractivity contribution in [2.75, 3.05) is 26.4 Å². The van der Waals surface area contributed by atoms with E-state index in [1.807, 2.05) is 0 Å². The second kappa shape index (κ2) is 9.85. The number of fused-ring (bicyclic) bond motifs is 1. The van der Waals surface area contributed by atoms with Crippen LogP contribution < -0.4 is 9.47 Å². The van der Waals surface area contributed by atoms with Crippen molar-refractivity contribution in [2.45, 2.75) is 50.9 Å². The molecule has 1 aromatic carbocycles. The summed E-state index contributed by atoms with van der Waals surface area (Å²) in [6.45, 7) is 2.08. The Balaban J connectivity index is 1.50. The number of carbonyl (C=O) groups is 1. The molecule has 188 valence electrons. The van der Waals surface area contributed by atoms with Gasteiger partial charge < -0.3 is 19.1 Å². The van der Waals surface area contributed by atoms with E-state index in [9.17, 15) is 18.0 Å². The number of ether oxygens (including phenoxy) is 3. The Morgan fingerprint density at radius 2 is 2.00 bits per heavy atom. The molecule has 6 nitrogen and oxygen atoms in total. The summed E-state index contributed by atoms with van der Waals surface area (Å²) in [7, 11) is 0. The van der Waals surface area contributed by atoms with E-state index in [0.717, 1.165) is 44.4 Å². The molecule has 2 fully saturated rings. The molecule has 0 spiro atoms. The Bertz CT molecular complexity index is 1100. The third-order valence-electron chi connectivity index (χ3n) is 6.76. The van der Waals surface area contributed by atoms with Crippen LogP contribution in [0.3, 0.4) is 0 Å². The highest BCUT2D eigenvalue weighted by atomic mass is 35.5. The number of carbonyl (C=O) groups excluding carboxylic acids is 1. The molecule has 0 bridgehead atoms. The number of pyridine rings is 1. The zero-order chi connectivity index (χ0) is 24.6. The van der Waals surface area contributed by atoms with Gasteiger partial charge in [0.25, 0.3) is 0 Å². The van der Waals surface area contributed by atoms with Crippen molar-refractivity contribution in [3.8, 4) is 22.8 Å². The number of halogens is 4. The average molecular weight is 511 g/mol. The van der Waals surface area contributed by atoms with Crippen LogP contribution in [0.15, 0.2) is 24.4 Å². The van der Waals surface area contributed by atoms with Crippen LogP contribution in [0.25, 0.3) is 11.3 Å². The maximum absolute atomic E-state index is 13.1. The van der Waals surface area contributed by atoms with Gasteiger partial charge in [-0.15, -0.1) is 0 Å². The van der Waals surface area contributed by atoms with E-state index in [-0.39, 0.29) is 28.6 Å². The number of nitrogens with zero attached hydrogens (tertiary/aromatic N) is 2. The number of amides is 1. The highest BCUT2D eigenvalue weighted by molar-refractivity contribution is 6.33. The summed E-state index contributed by atoms with van der Waals surface area (Å²) >= 11 is 6.25. The molecule has 3 heterocycles. The Labute approximate surface area is 206 Å². The first-order chi connectivity index (χ1) is 16.8. The molecule has 1 amide bonds. The normalized spacial score (nSPS) is 20.6. The smallest absolute Gasteiger partial charge is 0.417 e. The van der Waals surface area contributed by atoms with Gasteiger partial charge in [-0.05, 0) is 43.9 Å². The predicted molar refractivity (Wildman–Crippen MR) is 122 cm³/mol. The van der Waals surface area contributed by atoms with Gasteiger partial charge in [0.1, 0.15) is 13.2 Å². The number of alkyl halides is 3. The number of aromatic nitrogens is 1. The first-order valence-corrected chi connectivity index (χ1v) is 12.2. The van der Waals surface area contributed by atoms with Crippen molar-refractivity contribution >= 4 is 17.5 Å². The van der Waals surface area contributed by atoms with Crippen LogP contribution >= 0.6 is 11.6 Å². The fourth-order valence-corrected chi connectivity index (χ4v) is 4.87. The van der Waals surface area contributed by atoms with Gasteiger partial charge in [-0.25, -0.2) is 0 Å². The minimum atomic E-state index is -4.55. The summed E-state index contributed by atoms with van der Waals surface area (Å²) in [5.74, 6) is 1.11. The van der Waals surface area contributed by atoms with Crippen LogP contribution in [0.2, 0.25) is 5.02 Å².